The minimum Gasteiger partial charge on any atom is -0.457 e. The summed E-state index contributed by atoms with van der Waals surface area (Å²) in [5.41, 5.74) is 0. The first-order valence-electron chi connectivity index (χ1n) is 28.2. The lowest BCUT2D eigenvalue weighted by Crippen LogP contribution is -2.61. The second-order valence-electron chi connectivity index (χ2n) is 19.4. The second kappa shape index (κ2) is 45.4. The van der Waals surface area contributed by atoms with Crippen LogP contribution in [0, 0.1) is 0 Å². The van der Waals surface area contributed by atoms with Crippen molar-refractivity contribution in [1.29, 1.82) is 0 Å². The fourth-order valence-electron chi connectivity index (χ4n) is 8.35. The van der Waals surface area contributed by atoms with Crippen molar-refractivity contribution in [3.05, 3.63) is 85.1 Å². The van der Waals surface area contributed by atoms with Crippen molar-refractivity contribution in [2.75, 3.05) is 33.0 Å². The molecule has 11 unspecified atom stereocenters. The van der Waals surface area contributed by atoms with Crippen LogP contribution in [0.5, 0.6) is 0 Å². The van der Waals surface area contributed by atoms with Crippen molar-refractivity contribution < 1.29 is 69.0 Å². The Morgan fingerprint density at radius 3 is 1.40 bits per heavy atom. The Morgan fingerprint density at radius 2 is 0.890 bits per heavy atom. The first-order valence-corrected chi connectivity index (χ1v) is 28.2. The van der Waals surface area contributed by atoms with Crippen LogP contribution in [0.2, 0.25) is 0 Å². The van der Waals surface area contributed by atoms with E-state index in [0.717, 1.165) is 57.8 Å². The number of hydrogen-bond donors (Lipinski definition) is 7. The normalized spacial score (nSPS) is 25.6. The van der Waals surface area contributed by atoms with Gasteiger partial charge >= 0.3 is 5.97 Å². The van der Waals surface area contributed by atoms with Crippen LogP contribution in [-0.4, -0.2) is 142 Å². The summed E-state index contributed by atoms with van der Waals surface area (Å²) in [5, 5.41) is 72.3. The Bertz CT molecular complexity index is 1530. The molecule has 2 fully saturated rings. The molecule has 0 radical (unpaired) electrons. The Labute approximate surface area is 439 Å². The van der Waals surface area contributed by atoms with Gasteiger partial charge in [-0.2, -0.15) is 0 Å². The maximum absolute atomic E-state index is 13.0. The molecule has 73 heavy (non-hydrogen) atoms. The molecule has 7 N–H and O–H groups in total. The highest BCUT2D eigenvalue weighted by Gasteiger charge is 2.47. The lowest BCUT2D eigenvalue weighted by Gasteiger charge is -2.42. The molecular weight excluding hydrogens is 933 g/mol. The van der Waals surface area contributed by atoms with Gasteiger partial charge in [-0.3, -0.25) is 4.79 Å². The van der Waals surface area contributed by atoms with Gasteiger partial charge < -0.3 is 64.2 Å². The van der Waals surface area contributed by atoms with E-state index in [1.807, 2.05) is 6.08 Å². The third kappa shape index (κ3) is 32.4. The Balaban J connectivity index is 1.75. The van der Waals surface area contributed by atoms with E-state index >= 15 is 0 Å². The number of aliphatic hydroxyl groups excluding tert-OH is 7. The molecule has 0 aromatic carbocycles. The number of esters is 1. The summed E-state index contributed by atoms with van der Waals surface area (Å²) in [4.78, 5) is 13.0. The fourth-order valence-corrected chi connectivity index (χ4v) is 8.35. The summed E-state index contributed by atoms with van der Waals surface area (Å²) in [7, 11) is 0. The topological polar surface area (TPSA) is 214 Å². The van der Waals surface area contributed by atoms with Gasteiger partial charge in [-0.15, -0.1) is 0 Å². The van der Waals surface area contributed by atoms with E-state index in [2.05, 4.69) is 92.8 Å². The highest BCUT2D eigenvalue weighted by molar-refractivity contribution is 5.69. The van der Waals surface area contributed by atoms with Gasteiger partial charge in [-0.1, -0.05) is 176 Å². The molecule has 14 nitrogen and oxygen atoms in total. The predicted octanol–water partition coefficient (Wildman–Crippen LogP) is 9.63. The lowest BCUT2D eigenvalue weighted by atomic mass is 9.98. The Hall–Kier alpha value is -2.83. The van der Waals surface area contributed by atoms with Crippen LogP contribution >= 0.6 is 0 Å². The van der Waals surface area contributed by atoms with Crippen molar-refractivity contribution in [1.82, 2.24) is 0 Å². The zero-order valence-electron chi connectivity index (χ0n) is 44.8. The van der Waals surface area contributed by atoms with Crippen molar-refractivity contribution in [2.24, 2.45) is 0 Å². The quantitative estimate of drug-likeness (QED) is 0.0172. The average molecular weight is 1030 g/mol. The minimum atomic E-state index is -1.72. The first kappa shape index (κ1) is 66.3. The van der Waals surface area contributed by atoms with Gasteiger partial charge in [0.25, 0.3) is 0 Å². The van der Waals surface area contributed by atoms with E-state index in [4.69, 9.17) is 28.4 Å². The van der Waals surface area contributed by atoms with Crippen molar-refractivity contribution in [3.8, 4) is 0 Å². The molecule has 0 saturated carbocycles. The maximum atomic E-state index is 13.0. The van der Waals surface area contributed by atoms with E-state index in [9.17, 15) is 40.5 Å². The van der Waals surface area contributed by atoms with Crippen LogP contribution in [-0.2, 0) is 33.2 Å². The molecule has 2 saturated heterocycles. The van der Waals surface area contributed by atoms with E-state index in [1.165, 1.54) is 89.9 Å². The third-order valence-corrected chi connectivity index (χ3v) is 12.9. The summed E-state index contributed by atoms with van der Waals surface area (Å²) in [6.45, 7) is 3.47. The summed E-state index contributed by atoms with van der Waals surface area (Å²) in [6, 6.07) is 0. The standard InChI is InChI=1S/C59H100O14/c1-3-5-7-9-11-13-15-17-19-21-22-23-24-25-27-29-31-33-35-37-39-41-43-68-45-48(71-51(61)42-40-38-36-34-32-30-28-26-20-18-16-14-12-10-8-6-4-2)46-69-58-57(67)55(65)53(63)50(73-58)47-70-59-56(66)54(64)52(62)49(44-60)72-59/h6,8,12,14-15,17-18,20-22,28,30,34,36,48-50,52-60,62-67H,3-5,7,9-11,13,16,19,23-27,29,31-33,35,37-47H2,1-2H3/b8-6-,14-12-,17-15-,20-18-,22-21-,30-28-,36-34-. The zero-order valence-corrected chi connectivity index (χ0v) is 44.8. The van der Waals surface area contributed by atoms with Crippen molar-refractivity contribution in [2.45, 2.75) is 248 Å². The lowest BCUT2D eigenvalue weighted by molar-refractivity contribution is -0.332. The number of hydrogen-bond acceptors (Lipinski definition) is 14. The van der Waals surface area contributed by atoms with Crippen molar-refractivity contribution >= 4 is 5.97 Å². The second-order valence-corrected chi connectivity index (χ2v) is 19.4. The van der Waals surface area contributed by atoms with Gasteiger partial charge in [0.2, 0.25) is 0 Å². The molecule has 2 heterocycles. The molecule has 0 spiro atoms. The van der Waals surface area contributed by atoms with Crippen LogP contribution < -0.4 is 0 Å². The summed E-state index contributed by atoms with van der Waals surface area (Å²) in [5.74, 6) is -0.435. The maximum Gasteiger partial charge on any atom is 0.306 e. The van der Waals surface area contributed by atoms with Gasteiger partial charge in [0.05, 0.1) is 26.4 Å². The molecule has 11 atom stereocenters. The largest absolute Gasteiger partial charge is 0.457 e. The smallest absolute Gasteiger partial charge is 0.306 e. The van der Waals surface area contributed by atoms with E-state index < -0.39 is 86.7 Å². The minimum absolute atomic E-state index is 0.0320. The van der Waals surface area contributed by atoms with Crippen LogP contribution in [0.4, 0.5) is 0 Å². The van der Waals surface area contributed by atoms with Gasteiger partial charge in [-0.05, 0) is 83.5 Å². The van der Waals surface area contributed by atoms with Crippen molar-refractivity contribution in [3.63, 3.8) is 0 Å². The van der Waals surface area contributed by atoms with E-state index in [0.29, 0.717) is 19.4 Å². The molecule has 2 rings (SSSR count). The monoisotopic (exact) mass is 1030 g/mol. The molecule has 420 valence electrons. The molecular formula is C59H100O14. The number of aliphatic hydroxyl groups is 7. The summed E-state index contributed by atoms with van der Waals surface area (Å²) < 4.78 is 34.3. The zero-order chi connectivity index (χ0) is 53.0. The molecule has 0 aromatic rings. The van der Waals surface area contributed by atoms with Gasteiger partial charge in [0.1, 0.15) is 54.9 Å². The number of carbonyl (C=O) groups excluding carboxylic acids is 1. The van der Waals surface area contributed by atoms with Crippen LogP contribution in [0.15, 0.2) is 85.1 Å². The van der Waals surface area contributed by atoms with Gasteiger partial charge in [-0.25, -0.2) is 0 Å². The molecule has 2 aliphatic heterocycles. The van der Waals surface area contributed by atoms with Crippen LogP contribution in [0.3, 0.4) is 0 Å². The van der Waals surface area contributed by atoms with Crippen LogP contribution in [0.25, 0.3) is 0 Å². The molecule has 0 amide bonds. The summed E-state index contributed by atoms with van der Waals surface area (Å²) >= 11 is 0. The molecule has 0 bridgehead atoms. The number of carbonyl (C=O) groups is 1. The Kier molecular flexibility index (Phi) is 41.2. The molecule has 0 aliphatic carbocycles. The predicted molar refractivity (Wildman–Crippen MR) is 288 cm³/mol. The number of allylic oxidation sites excluding steroid dienone is 14. The van der Waals surface area contributed by atoms with Gasteiger partial charge in [0.15, 0.2) is 12.6 Å². The van der Waals surface area contributed by atoms with Gasteiger partial charge in [0, 0.05) is 13.0 Å². The number of unbranched alkanes of at least 4 members (excludes halogenated alkanes) is 16. The highest BCUT2D eigenvalue weighted by Crippen LogP contribution is 2.26. The highest BCUT2D eigenvalue weighted by atomic mass is 16.7. The number of ether oxygens (including phenoxy) is 6. The van der Waals surface area contributed by atoms with E-state index in [1.54, 1.807) is 0 Å². The molecule has 0 aromatic heterocycles. The average Bonchev–Trinajstić information content (AvgIpc) is 3.39. The molecule has 2 aliphatic rings. The van der Waals surface area contributed by atoms with Crippen LogP contribution in [0.1, 0.15) is 181 Å². The SMILES string of the molecule is CC/C=C\C/C=C\C/C=C\C/C=C\C/C=C\CCCC(=O)OC(COCCCCCCCCCCCC/C=C\C/C=C\CCCCCCC)COC1OC(COC2OC(CO)C(O)C(O)C2O)C(O)C(O)C1O. The summed E-state index contributed by atoms with van der Waals surface area (Å²) in [6.07, 6.45) is 42.2. The number of rotatable bonds is 44. The fraction of sp³-hybridized carbons (Fsp3) is 0.746. The first-order chi connectivity index (χ1) is 35.6. The Morgan fingerprint density at radius 1 is 0.466 bits per heavy atom. The molecule has 14 heteroatoms. The third-order valence-electron chi connectivity index (χ3n) is 12.9. The van der Waals surface area contributed by atoms with E-state index in [-0.39, 0.29) is 19.6 Å².